The van der Waals surface area contributed by atoms with Gasteiger partial charge in [0.25, 0.3) is 0 Å². The van der Waals surface area contributed by atoms with Gasteiger partial charge in [-0.2, -0.15) is 0 Å². The zero-order chi connectivity index (χ0) is 16.1. The molecular formula is C19H22ClNO. The van der Waals surface area contributed by atoms with Crippen LogP contribution in [0.2, 0.25) is 5.02 Å². The van der Waals surface area contributed by atoms with Crippen LogP contribution in [0.25, 0.3) is 0 Å². The van der Waals surface area contributed by atoms with E-state index in [0.717, 1.165) is 17.7 Å². The number of benzene rings is 2. The van der Waals surface area contributed by atoms with Gasteiger partial charge in [0, 0.05) is 17.1 Å². The first-order valence-electron chi connectivity index (χ1n) is 7.60. The molecule has 0 heterocycles. The fraction of sp³-hybridized carbons (Fsp3) is 0.316. The van der Waals surface area contributed by atoms with Gasteiger partial charge in [0.15, 0.2) is 0 Å². The van der Waals surface area contributed by atoms with E-state index in [1.807, 2.05) is 19.1 Å². The van der Waals surface area contributed by atoms with Crippen molar-refractivity contribution in [1.82, 2.24) is 0 Å². The lowest BCUT2D eigenvalue weighted by atomic mass is 10.0. The second-order valence-corrected chi connectivity index (χ2v) is 6.34. The smallest absolute Gasteiger partial charge is 0.224 e. The number of halogens is 1. The molecule has 116 valence electrons. The molecule has 0 aliphatic carbocycles. The maximum atomic E-state index is 12.1. The third-order valence-corrected chi connectivity index (χ3v) is 3.98. The van der Waals surface area contributed by atoms with E-state index in [1.54, 1.807) is 6.07 Å². The number of carbonyl (C=O) groups is 1. The Morgan fingerprint density at radius 3 is 2.41 bits per heavy atom. The minimum Gasteiger partial charge on any atom is -0.326 e. The lowest BCUT2D eigenvalue weighted by Crippen LogP contribution is -2.13. The quantitative estimate of drug-likeness (QED) is 0.792. The van der Waals surface area contributed by atoms with E-state index in [0.29, 0.717) is 17.4 Å². The van der Waals surface area contributed by atoms with Crippen LogP contribution in [-0.2, 0) is 11.2 Å². The van der Waals surface area contributed by atoms with Gasteiger partial charge < -0.3 is 5.32 Å². The predicted octanol–water partition coefficient (Wildman–Crippen LogP) is 5.34. The van der Waals surface area contributed by atoms with Crippen molar-refractivity contribution in [2.45, 2.75) is 39.5 Å². The summed E-state index contributed by atoms with van der Waals surface area (Å²) in [6, 6.07) is 14.0. The Morgan fingerprint density at radius 2 is 1.82 bits per heavy atom. The van der Waals surface area contributed by atoms with Gasteiger partial charge in [0.05, 0.1) is 0 Å². The molecule has 0 aromatic heterocycles. The molecule has 1 N–H and O–H groups in total. The van der Waals surface area contributed by atoms with Gasteiger partial charge in [0.2, 0.25) is 5.91 Å². The van der Waals surface area contributed by atoms with Crippen LogP contribution in [0.1, 0.15) is 42.9 Å². The van der Waals surface area contributed by atoms with Gasteiger partial charge in [-0.3, -0.25) is 4.79 Å². The zero-order valence-corrected chi connectivity index (χ0v) is 14.1. The Balaban J connectivity index is 1.89. The highest BCUT2D eigenvalue weighted by Crippen LogP contribution is 2.20. The van der Waals surface area contributed by atoms with E-state index in [-0.39, 0.29) is 5.91 Å². The Morgan fingerprint density at radius 1 is 1.14 bits per heavy atom. The van der Waals surface area contributed by atoms with Crippen molar-refractivity contribution in [2.24, 2.45) is 0 Å². The number of anilines is 1. The van der Waals surface area contributed by atoms with Gasteiger partial charge in [-0.15, -0.1) is 0 Å². The maximum absolute atomic E-state index is 12.1. The number of hydrogen-bond acceptors (Lipinski definition) is 1. The van der Waals surface area contributed by atoms with Crippen LogP contribution in [0.3, 0.4) is 0 Å². The van der Waals surface area contributed by atoms with Gasteiger partial charge in [-0.1, -0.05) is 49.7 Å². The Hall–Kier alpha value is -1.80. The molecule has 0 saturated carbocycles. The molecule has 0 bridgehead atoms. The number of nitrogens with one attached hydrogen (secondary N) is 1. The maximum Gasteiger partial charge on any atom is 0.224 e. The average molecular weight is 316 g/mol. The van der Waals surface area contributed by atoms with E-state index in [2.05, 4.69) is 43.4 Å². The summed E-state index contributed by atoms with van der Waals surface area (Å²) in [5.41, 5.74) is 4.31. The first-order valence-corrected chi connectivity index (χ1v) is 7.98. The molecule has 3 heteroatoms. The summed E-state index contributed by atoms with van der Waals surface area (Å²) >= 11 is 5.92. The van der Waals surface area contributed by atoms with Crippen molar-refractivity contribution in [3.63, 3.8) is 0 Å². The zero-order valence-electron chi connectivity index (χ0n) is 13.3. The number of amides is 1. The van der Waals surface area contributed by atoms with Crippen molar-refractivity contribution in [3.05, 3.63) is 64.2 Å². The van der Waals surface area contributed by atoms with Crippen LogP contribution in [0.4, 0.5) is 5.69 Å². The summed E-state index contributed by atoms with van der Waals surface area (Å²) in [5.74, 6) is 0.559. The third kappa shape index (κ3) is 4.60. The molecule has 0 radical (unpaired) electrons. The molecule has 2 aromatic rings. The molecule has 0 aliphatic heterocycles. The summed E-state index contributed by atoms with van der Waals surface area (Å²) in [6.07, 6.45) is 1.22. The Kier molecular flexibility index (Phi) is 5.62. The lowest BCUT2D eigenvalue weighted by Gasteiger charge is -2.09. The van der Waals surface area contributed by atoms with E-state index in [1.165, 1.54) is 11.1 Å². The molecule has 2 rings (SSSR count). The molecule has 1 amide bonds. The van der Waals surface area contributed by atoms with Crippen molar-refractivity contribution in [3.8, 4) is 0 Å². The average Bonchev–Trinajstić information content (AvgIpc) is 2.48. The van der Waals surface area contributed by atoms with Gasteiger partial charge in [-0.05, 0) is 54.2 Å². The minimum atomic E-state index is 0.0263. The summed E-state index contributed by atoms with van der Waals surface area (Å²) < 4.78 is 0. The van der Waals surface area contributed by atoms with Crippen molar-refractivity contribution in [1.29, 1.82) is 0 Å². The van der Waals surface area contributed by atoms with Crippen LogP contribution in [0.15, 0.2) is 42.5 Å². The topological polar surface area (TPSA) is 29.1 Å². The molecule has 0 spiro atoms. The number of carbonyl (C=O) groups excluding carboxylic acids is 1. The van der Waals surface area contributed by atoms with Crippen molar-refractivity contribution < 1.29 is 4.79 Å². The van der Waals surface area contributed by atoms with Gasteiger partial charge >= 0.3 is 0 Å². The van der Waals surface area contributed by atoms with Crippen LogP contribution < -0.4 is 5.32 Å². The summed E-state index contributed by atoms with van der Waals surface area (Å²) in [6.45, 7) is 6.29. The molecule has 0 fully saturated rings. The minimum absolute atomic E-state index is 0.0263. The second kappa shape index (κ2) is 7.46. The number of hydrogen-bond donors (Lipinski definition) is 1. The van der Waals surface area contributed by atoms with Crippen molar-refractivity contribution in [2.75, 3.05) is 5.32 Å². The van der Waals surface area contributed by atoms with E-state index in [4.69, 9.17) is 11.6 Å². The first kappa shape index (κ1) is 16.6. The SMILES string of the molecule is Cc1cc(Cl)ccc1NC(=O)CCc1ccc(C(C)C)cc1. The summed E-state index contributed by atoms with van der Waals surface area (Å²) in [4.78, 5) is 12.1. The number of rotatable bonds is 5. The molecule has 0 aliphatic rings. The van der Waals surface area contributed by atoms with Crippen LogP contribution in [0.5, 0.6) is 0 Å². The van der Waals surface area contributed by atoms with Gasteiger partial charge in [0.1, 0.15) is 0 Å². The molecule has 22 heavy (non-hydrogen) atoms. The van der Waals surface area contributed by atoms with E-state index < -0.39 is 0 Å². The standard InChI is InChI=1S/C19H22ClNO/c1-13(2)16-7-4-15(5-8-16)6-11-19(22)21-18-10-9-17(20)12-14(18)3/h4-5,7-10,12-13H,6,11H2,1-3H3,(H,21,22). The Bertz CT molecular complexity index is 647. The highest BCUT2D eigenvalue weighted by molar-refractivity contribution is 6.30. The normalized spacial score (nSPS) is 10.8. The largest absolute Gasteiger partial charge is 0.326 e. The van der Waals surface area contributed by atoms with Crippen LogP contribution in [0, 0.1) is 6.92 Å². The van der Waals surface area contributed by atoms with Gasteiger partial charge in [-0.25, -0.2) is 0 Å². The summed E-state index contributed by atoms with van der Waals surface area (Å²) in [5, 5.41) is 3.62. The predicted molar refractivity (Wildman–Crippen MR) is 93.7 cm³/mol. The molecule has 2 nitrogen and oxygen atoms in total. The molecular weight excluding hydrogens is 294 g/mol. The fourth-order valence-electron chi connectivity index (χ4n) is 2.31. The van der Waals surface area contributed by atoms with E-state index in [9.17, 15) is 4.79 Å². The molecule has 0 unspecified atom stereocenters. The summed E-state index contributed by atoms with van der Waals surface area (Å²) in [7, 11) is 0. The van der Waals surface area contributed by atoms with Crippen LogP contribution >= 0.6 is 11.6 Å². The van der Waals surface area contributed by atoms with Crippen molar-refractivity contribution >= 4 is 23.2 Å². The highest BCUT2D eigenvalue weighted by Gasteiger charge is 2.06. The van der Waals surface area contributed by atoms with Crippen LogP contribution in [-0.4, -0.2) is 5.91 Å². The van der Waals surface area contributed by atoms with E-state index >= 15 is 0 Å². The second-order valence-electron chi connectivity index (χ2n) is 5.90. The molecule has 0 saturated heterocycles. The first-order chi connectivity index (χ1) is 10.5. The fourth-order valence-corrected chi connectivity index (χ4v) is 2.53. The Labute approximate surface area is 137 Å². The highest BCUT2D eigenvalue weighted by atomic mass is 35.5. The lowest BCUT2D eigenvalue weighted by molar-refractivity contribution is -0.116. The monoisotopic (exact) mass is 315 g/mol. The number of aryl methyl sites for hydroxylation is 2. The third-order valence-electron chi connectivity index (χ3n) is 3.75. The molecule has 0 atom stereocenters. The molecule has 2 aromatic carbocycles.